The van der Waals surface area contributed by atoms with Gasteiger partial charge in [0, 0.05) is 12.0 Å². The highest BCUT2D eigenvalue weighted by atomic mass is 19.4. The van der Waals surface area contributed by atoms with Gasteiger partial charge in [-0.05, 0) is 19.4 Å². The molecular weight excluding hydrogens is 269 g/mol. The molecule has 1 aliphatic heterocycles. The predicted octanol–water partition coefficient (Wildman–Crippen LogP) is 3.75. The molecule has 2 rings (SSSR count). The van der Waals surface area contributed by atoms with Crippen LogP contribution in [0, 0.1) is 5.92 Å². The third kappa shape index (κ3) is 3.75. The first-order valence-corrected chi connectivity index (χ1v) is 6.90. The van der Waals surface area contributed by atoms with E-state index in [1.165, 1.54) is 0 Å². The molecule has 1 atom stereocenters. The Bertz CT molecular complexity index is 448. The van der Waals surface area contributed by atoms with Crippen molar-refractivity contribution in [3.05, 3.63) is 17.8 Å². The van der Waals surface area contributed by atoms with Gasteiger partial charge in [0.2, 0.25) is 5.89 Å². The van der Waals surface area contributed by atoms with E-state index in [1.54, 1.807) is 11.1 Å². The maximum Gasteiger partial charge on any atom is 0.393 e. The third-order valence-electron chi connectivity index (χ3n) is 3.62. The van der Waals surface area contributed by atoms with Gasteiger partial charge in [-0.1, -0.05) is 20.8 Å². The van der Waals surface area contributed by atoms with Gasteiger partial charge in [0.15, 0.2) is 0 Å². The van der Waals surface area contributed by atoms with Crippen LogP contribution in [0.4, 0.5) is 13.2 Å². The van der Waals surface area contributed by atoms with Crippen LogP contribution >= 0.6 is 0 Å². The maximum absolute atomic E-state index is 12.7. The lowest BCUT2D eigenvalue weighted by atomic mass is 9.94. The van der Waals surface area contributed by atoms with Crippen molar-refractivity contribution in [1.82, 2.24) is 9.88 Å². The van der Waals surface area contributed by atoms with Crippen LogP contribution in [0.3, 0.4) is 0 Å². The van der Waals surface area contributed by atoms with Gasteiger partial charge in [0.05, 0.1) is 18.7 Å². The molecule has 0 bridgehead atoms. The van der Waals surface area contributed by atoms with Gasteiger partial charge in [0.25, 0.3) is 0 Å². The van der Waals surface area contributed by atoms with Crippen LogP contribution in [0.25, 0.3) is 0 Å². The number of nitrogens with zero attached hydrogens (tertiary/aromatic N) is 2. The summed E-state index contributed by atoms with van der Waals surface area (Å²) in [6.07, 6.45) is -1.65. The fraction of sp³-hybridized carbons (Fsp3) is 0.786. The Balaban J connectivity index is 1.98. The standard InChI is InChI=1S/C14H21F3N2O/c1-13(2,3)11-7-18-12(20-11)9-19-6-4-5-10(8-19)14(15,16)17/h7,10H,4-6,8-9H2,1-3H3/t10-/m1/s1. The lowest BCUT2D eigenvalue weighted by Gasteiger charge is -2.32. The lowest BCUT2D eigenvalue weighted by Crippen LogP contribution is -2.41. The molecule has 3 nitrogen and oxygen atoms in total. The SMILES string of the molecule is CC(C)(C)c1cnc(CN2CCC[C@@H](C(F)(F)F)C2)o1. The summed E-state index contributed by atoms with van der Waals surface area (Å²) in [7, 11) is 0. The molecule has 1 aromatic heterocycles. The molecule has 0 spiro atoms. The summed E-state index contributed by atoms with van der Waals surface area (Å²) in [5.41, 5.74) is -0.137. The van der Waals surface area contributed by atoms with Gasteiger partial charge in [-0.3, -0.25) is 4.90 Å². The van der Waals surface area contributed by atoms with E-state index in [1.807, 2.05) is 20.8 Å². The minimum Gasteiger partial charge on any atom is -0.444 e. The summed E-state index contributed by atoms with van der Waals surface area (Å²) in [5.74, 6) is 0.0305. The van der Waals surface area contributed by atoms with Crippen LogP contribution in [-0.2, 0) is 12.0 Å². The van der Waals surface area contributed by atoms with E-state index in [-0.39, 0.29) is 18.4 Å². The Labute approximate surface area is 117 Å². The molecule has 0 radical (unpaired) electrons. The van der Waals surface area contributed by atoms with Gasteiger partial charge in [-0.15, -0.1) is 0 Å². The van der Waals surface area contributed by atoms with Crippen LogP contribution in [0.2, 0.25) is 0 Å². The Morgan fingerprint density at radius 3 is 2.60 bits per heavy atom. The number of piperidine rings is 1. The van der Waals surface area contributed by atoms with Crippen LogP contribution in [0.15, 0.2) is 10.6 Å². The van der Waals surface area contributed by atoms with Gasteiger partial charge < -0.3 is 4.42 Å². The Morgan fingerprint density at radius 2 is 2.05 bits per heavy atom. The quantitative estimate of drug-likeness (QED) is 0.830. The van der Waals surface area contributed by atoms with E-state index in [0.29, 0.717) is 25.4 Å². The predicted molar refractivity (Wildman–Crippen MR) is 69.3 cm³/mol. The molecule has 0 aliphatic carbocycles. The molecule has 0 unspecified atom stereocenters. The largest absolute Gasteiger partial charge is 0.444 e. The fourth-order valence-corrected chi connectivity index (χ4v) is 2.39. The Kier molecular flexibility index (Phi) is 4.14. The summed E-state index contributed by atoms with van der Waals surface area (Å²) >= 11 is 0. The zero-order chi connectivity index (χ0) is 15.0. The summed E-state index contributed by atoms with van der Waals surface area (Å²) in [6.45, 7) is 7.09. The average molecular weight is 290 g/mol. The minimum atomic E-state index is -4.11. The van der Waals surface area contributed by atoms with E-state index >= 15 is 0 Å². The van der Waals surface area contributed by atoms with E-state index in [2.05, 4.69) is 4.98 Å². The molecule has 0 N–H and O–H groups in total. The van der Waals surface area contributed by atoms with Crippen molar-refractivity contribution in [3.8, 4) is 0 Å². The molecule has 1 fully saturated rings. The minimum absolute atomic E-state index is 0.0384. The second kappa shape index (κ2) is 5.39. The smallest absolute Gasteiger partial charge is 0.393 e. The van der Waals surface area contributed by atoms with E-state index in [9.17, 15) is 13.2 Å². The number of hydrogen-bond donors (Lipinski definition) is 0. The van der Waals surface area contributed by atoms with Crippen LogP contribution in [0.5, 0.6) is 0 Å². The average Bonchev–Trinajstić information content (AvgIpc) is 2.76. The summed E-state index contributed by atoms with van der Waals surface area (Å²) in [5, 5.41) is 0. The molecule has 0 aromatic carbocycles. The molecule has 6 heteroatoms. The van der Waals surface area contributed by atoms with Crippen molar-refractivity contribution >= 4 is 0 Å². The van der Waals surface area contributed by atoms with E-state index in [0.717, 1.165) is 5.76 Å². The molecule has 0 amide bonds. The number of rotatable bonds is 2. The molecule has 20 heavy (non-hydrogen) atoms. The fourth-order valence-electron chi connectivity index (χ4n) is 2.39. The van der Waals surface area contributed by atoms with Gasteiger partial charge in [-0.25, -0.2) is 4.98 Å². The number of oxazole rings is 1. The van der Waals surface area contributed by atoms with Gasteiger partial charge >= 0.3 is 6.18 Å². The van der Waals surface area contributed by atoms with Crippen molar-refractivity contribution in [1.29, 1.82) is 0 Å². The van der Waals surface area contributed by atoms with Gasteiger partial charge in [-0.2, -0.15) is 13.2 Å². The van der Waals surface area contributed by atoms with Crippen LogP contribution in [-0.4, -0.2) is 29.1 Å². The first kappa shape index (κ1) is 15.4. The van der Waals surface area contributed by atoms with Crippen LogP contribution < -0.4 is 0 Å². The zero-order valence-electron chi connectivity index (χ0n) is 12.1. The number of hydrogen-bond acceptors (Lipinski definition) is 3. The first-order chi connectivity index (χ1) is 9.16. The van der Waals surface area contributed by atoms with Crippen molar-refractivity contribution in [2.45, 2.75) is 51.7 Å². The second-order valence-corrected chi connectivity index (χ2v) is 6.48. The topological polar surface area (TPSA) is 29.3 Å². The highest BCUT2D eigenvalue weighted by Gasteiger charge is 2.41. The monoisotopic (exact) mass is 290 g/mol. The number of aromatic nitrogens is 1. The number of alkyl halides is 3. The summed E-state index contributed by atoms with van der Waals surface area (Å²) in [6, 6.07) is 0. The first-order valence-electron chi connectivity index (χ1n) is 6.90. The molecular formula is C14H21F3N2O. The van der Waals surface area contributed by atoms with Crippen molar-refractivity contribution in [2.75, 3.05) is 13.1 Å². The highest BCUT2D eigenvalue weighted by Crippen LogP contribution is 2.33. The van der Waals surface area contributed by atoms with Crippen molar-refractivity contribution < 1.29 is 17.6 Å². The maximum atomic E-state index is 12.7. The molecule has 114 valence electrons. The Morgan fingerprint density at radius 1 is 1.35 bits per heavy atom. The van der Waals surface area contributed by atoms with E-state index in [4.69, 9.17) is 4.42 Å². The van der Waals surface area contributed by atoms with Crippen molar-refractivity contribution in [2.24, 2.45) is 5.92 Å². The third-order valence-corrected chi connectivity index (χ3v) is 3.62. The molecule has 0 saturated carbocycles. The highest BCUT2D eigenvalue weighted by molar-refractivity contribution is 5.06. The number of halogens is 3. The Hall–Kier alpha value is -1.04. The van der Waals surface area contributed by atoms with Gasteiger partial charge in [0.1, 0.15) is 5.76 Å². The molecule has 2 heterocycles. The second-order valence-electron chi connectivity index (χ2n) is 6.48. The summed E-state index contributed by atoms with van der Waals surface area (Å²) < 4.78 is 43.9. The number of likely N-dealkylation sites (tertiary alicyclic amines) is 1. The lowest BCUT2D eigenvalue weighted by molar-refractivity contribution is -0.187. The molecule has 1 aliphatic rings. The normalized spacial score (nSPS) is 22.2. The molecule has 1 saturated heterocycles. The zero-order valence-corrected chi connectivity index (χ0v) is 12.1. The summed E-state index contributed by atoms with van der Waals surface area (Å²) in [4.78, 5) is 5.95. The molecule has 1 aromatic rings. The van der Waals surface area contributed by atoms with Crippen molar-refractivity contribution in [3.63, 3.8) is 0 Å². The van der Waals surface area contributed by atoms with Crippen LogP contribution in [0.1, 0.15) is 45.3 Å². The van der Waals surface area contributed by atoms with E-state index < -0.39 is 12.1 Å².